The van der Waals surface area contributed by atoms with Crippen molar-refractivity contribution in [2.24, 2.45) is 0 Å². The molecule has 1 aromatic rings. The van der Waals surface area contributed by atoms with Crippen molar-refractivity contribution in [3.63, 3.8) is 0 Å². The predicted octanol–water partition coefficient (Wildman–Crippen LogP) is 4.07. The van der Waals surface area contributed by atoms with E-state index in [1.807, 2.05) is 0 Å². The molecule has 1 aromatic carbocycles. The number of alkyl halides is 5. The second kappa shape index (κ2) is 5.54. The van der Waals surface area contributed by atoms with Gasteiger partial charge in [-0.1, -0.05) is 19.1 Å². The summed E-state index contributed by atoms with van der Waals surface area (Å²) in [5.74, 6) is -1.84. The van der Waals surface area contributed by atoms with Crippen LogP contribution in [0.25, 0.3) is 0 Å². The monoisotopic (exact) mass is 282 g/mol. The number of Topliss-reactive ketones (excluding diaryl/α,β-unsaturated/α-hetero) is 1. The van der Waals surface area contributed by atoms with E-state index < -0.39 is 35.4 Å². The summed E-state index contributed by atoms with van der Waals surface area (Å²) in [6.45, 7) is -0.961. The third-order valence-electron chi connectivity index (χ3n) is 2.49. The van der Waals surface area contributed by atoms with Gasteiger partial charge in [-0.3, -0.25) is 4.79 Å². The van der Waals surface area contributed by atoms with Crippen molar-refractivity contribution in [2.75, 3.05) is 0 Å². The van der Waals surface area contributed by atoms with Crippen LogP contribution in [0.4, 0.5) is 22.0 Å². The lowest BCUT2D eigenvalue weighted by Crippen LogP contribution is -2.17. The Kier molecular flexibility index (Phi) is 4.49. The molecule has 0 aromatic heterocycles. The average Bonchev–Trinajstić information content (AvgIpc) is 2.25. The fraction of sp³-hybridized carbons (Fsp3) is 0.417. The van der Waals surface area contributed by atoms with Crippen LogP contribution in [0.5, 0.6) is 5.75 Å². The summed E-state index contributed by atoms with van der Waals surface area (Å²) in [6.07, 6.45) is -4.88. The van der Waals surface area contributed by atoms with Crippen LogP contribution in [0.3, 0.4) is 0 Å². The molecule has 0 aliphatic rings. The third-order valence-corrected chi connectivity index (χ3v) is 2.49. The van der Waals surface area contributed by atoms with E-state index in [2.05, 4.69) is 4.74 Å². The molecule has 0 saturated heterocycles. The molecule has 0 N–H and O–H groups in total. The summed E-state index contributed by atoms with van der Waals surface area (Å²) >= 11 is 0. The maximum absolute atomic E-state index is 13.0. The first-order valence-corrected chi connectivity index (χ1v) is 5.37. The molecule has 0 spiro atoms. The number of hydrogen-bond donors (Lipinski definition) is 0. The number of carbonyl (C=O) groups is 1. The van der Waals surface area contributed by atoms with Crippen molar-refractivity contribution < 1.29 is 31.5 Å². The number of hydrogen-bond acceptors (Lipinski definition) is 2. The van der Waals surface area contributed by atoms with Gasteiger partial charge in [0.05, 0.1) is 0 Å². The highest BCUT2D eigenvalue weighted by Crippen LogP contribution is 2.41. The van der Waals surface area contributed by atoms with E-state index in [1.54, 1.807) is 0 Å². The highest BCUT2D eigenvalue weighted by Gasteiger charge is 2.39. The molecule has 0 bridgehead atoms. The molecule has 19 heavy (non-hydrogen) atoms. The van der Waals surface area contributed by atoms with E-state index >= 15 is 0 Å². The largest absolute Gasteiger partial charge is 0.434 e. The summed E-state index contributed by atoms with van der Waals surface area (Å²) < 4.78 is 67.4. The van der Waals surface area contributed by atoms with Gasteiger partial charge in [-0.2, -0.15) is 22.0 Å². The van der Waals surface area contributed by atoms with Gasteiger partial charge in [0.25, 0.3) is 0 Å². The Labute approximate surface area is 106 Å². The van der Waals surface area contributed by atoms with E-state index in [1.165, 1.54) is 13.0 Å². The Balaban J connectivity index is 3.61. The minimum absolute atomic E-state index is 0.0300. The predicted molar refractivity (Wildman–Crippen MR) is 57.5 cm³/mol. The lowest BCUT2D eigenvalue weighted by molar-refractivity contribution is -0.142. The molecule has 0 radical (unpaired) electrons. The summed E-state index contributed by atoms with van der Waals surface area (Å²) in [5.41, 5.74) is -2.15. The van der Waals surface area contributed by atoms with Crippen LogP contribution < -0.4 is 4.74 Å². The molecular weight excluding hydrogens is 271 g/mol. The van der Waals surface area contributed by atoms with Crippen LogP contribution >= 0.6 is 0 Å². The summed E-state index contributed by atoms with van der Waals surface area (Å²) in [4.78, 5) is 11.2. The minimum Gasteiger partial charge on any atom is -0.434 e. The Morgan fingerprint density at radius 3 is 2.26 bits per heavy atom. The van der Waals surface area contributed by atoms with Crippen molar-refractivity contribution >= 4 is 5.78 Å². The zero-order valence-electron chi connectivity index (χ0n) is 10.1. The maximum Gasteiger partial charge on any atom is 0.420 e. The number of rotatable bonds is 4. The highest BCUT2D eigenvalue weighted by atomic mass is 19.4. The number of benzene rings is 1. The molecule has 0 fully saturated rings. The van der Waals surface area contributed by atoms with E-state index in [-0.39, 0.29) is 12.0 Å². The van der Waals surface area contributed by atoms with E-state index in [4.69, 9.17) is 0 Å². The first-order chi connectivity index (χ1) is 8.68. The number of aryl methyl sites for hydroxylation is 1. The van der Waals surface area contributed by atoms with Gasteiger partial charge >= 0.3 is 12.8 Å². The van der Waals surface area contributed by atoms with Crippen LogP contribution in [0.2, 0.25) is 0 Å². The van der Waals surface area contributed by atoms with Crippen molar-refractivity contribution in [1.82, 2.24) is 0 Å². The van der Waals surface area contributed by atoms with Crippen molar-refractivity contribution in [3.8, 4) is 5.75 Å². The first kappa shape index (κ1) is 15.4. The Morgan fingerprint density at radius 2 is 1.89 bits per heavy atom. The van der Waals surface area contributed by atoms with Gasteiger partial charge in [-0.25, -0.2) is 0 Å². The molecule has 7 heteroatoms. The first-order valence-electron chi connectivity index (χ1n) is 5.37. The Morgan fingerprint density at radius 1 is 1.32 bits per heavy atom. The normalized spacial score (nSPS) is 11.8. The fourth-order valence-corrected chi connectivity index (χ4v) is 1.70. The average molecular weight is 282 g/mol. The lowest BCUT2D eigenvalue weighted by Gasteiger charge is -2.19. The molecule has 0 aliphatic carbocycles. The number of halogens is 5. The fourth-order valence-electron chi connectivity index (χ4n) is 1.70. The SMILES string of the molecule is CCc1ccc(C(C)=O)c(C(F)(F)F)c1OC(F)F. The van der Waals surface area contributed by atoms with E-state index in [0.29, 0.717) is 0 Å². The van der Waals surface area contributed by atoms with Gasteiger partial charge in [0.2, 0.25) is 0 Å². The minimum atomic E-state index is -4.95. The van der Waals surface area contributed by atoms with Gasteiger partial charge in [-0.15, -0.1) is 0 Å². The van der Waals surface area contributed by atoms with Gasteiger partial charge in [0, 0.05) is 5.56 Å². The zero-order chi connectivity index (χ0) is 14.8. The number of ether oxygens (including phenoxy) is 1. The molecule has 0 aliphatic heterocycles. The highest BCUT2D eigenvalue weighted by molar-refractivity contribution is 5.96. The van der Waals surface area contributed by atoms with Crippen LogP contribution in [0.15, 0.2) is 12.1 Å². The number of carbonyl (C=O) groups excluding carboxylic acids is 1. The van der Waals surface area contributed by atoms with Crippen molar-refractivity contribution in [3.05, 3.63) is 28.8 Å². The smallest absolute Gasteiger partial charge is 0.420 e. The third kappa shape index (κ3) is 3.42. The van der Waals surface area contributed by atoms with Gasteiger partial charge in [-0.05, 0) is 18.9 Å². The van der Waals surface area contributed by atoms with Crippen LogP contribution in [0, 0.1) is 0 Å². The van der Waals surface area contributed by atoms with Gasteiger partial charge in [0.15, 0.2) is 5.78 Å². The molecule has 0 unspecified atom stereocenters. The second-order valence-corrected chi connectivity index (χ2v) is 3.76. The maximum atomic E-state index is 13.0. The molecule has 2 nitrogen and oxygen atoms in total. The number of ketones is 1. The molecule has 0 heterocycles. The van der Waals surface area contributed by atoms with Crippen molar-refractivity contribution in [2.45, 2.75) is 33.1 Å². The molecule has 106 valence electrons. The molecule has 0 atom stereocenters. The molecule has 0 amide bonds. The second-order valence-electron chi connectivity index (χ2n) is 3.76. The summed E-state index contributed by atoms with van der Waals surface area (Å²) in [7, 11) is 0. The van der Waals surface area contributed by atoms with E-state index in [9.17, 15) is 26.7 Å². The van der Waals surface area contributed by atoms with Crippen LogP contribution in [0.1, 0.15) is 35.3 Å². The van der Waals surface area contributed by atoms with Crippen LogP contribution in [-0.2, 0) is 12.6 Å². The molecular formula is C12H11F5O2. The molecule has 0 saturated carbocycles. The summed E-state index contributed by atoms with van der Waals surface area (Å²) in [6, 6.07) is 2.16. The van der Waals surface area contributed by atoms with E-state index in [0.717, 1.165) is 13.0 Å². The Hall–Kier alpha value is -1.66. The summed E-state index contributed by atoms with van der Waals surface area (Å²) in [5, 5.41) is 0. The standard InChI is InChI=1S/C12H11F5O2/c1-3-7-4-5-8(6(2)18)9(12(15,16)17)10(7)19-11(13)14/h4-5,11H,3H2,1-2H3. The van der Waals surface area contributed by atoms with Gasteiger partial charge in [0.1, 0.15) is 11.3 Å². The zero-order valence-corrected chi connectivity index (χ0v) is 10.1. The lowest BCUT2D eigenvalue weighted by atomic mass is 9.98. The van der Waals surface area contributed by atoms with Crippen molar-refractivity contribution in [1.29, 1.82) is 0 Å². The Bertz CT molecular complexity index is 480. The topological polar surface area (TPSA) is 26.3 Å². The molecule has 1 rings (SSSR count). The quantitative estimate of drug-likeness (QED) is 0.614. The van der Waals surface area contributed by atoms with Gasteiger partial charge < -0.3 is 4.74 Å². The van der Waals surface area contributed by atoms with Crippen LogP contribution in [-0.4, -0.2) is 12.4 Å².